The molecule has 0 saturated heterocycles. The highest BCUT2D eigenvalue weighted by atomic mass is 79.9. The van der Waals surface area contributed by atoms with E-state index in [-0.39, 0.29) is 6.04 Å². The molecule has 1 aromatic rings. The SMILES string of the molecule is COCCCCOc1ccc(Br)c(CC(C)N)c1. The maximum Gasteiger partial charge on any atom is 0.119 e. The Morgan fingerprint density at radius 1 is 1.28 bits per heavy atom. The van der Waals surface area contributed by atoms with Crippen LogP contribution in [0.2, 0.25) is 0 Å². The number of halogens is 1. The van der Waals surface area contributed by atoms with Crippen LogP contribution >= 0.6 is 15.9 Å². The highest BCUT2D eigenvalue weighted by Gasteiger charge is 2.05. The smallest absolute Gasteiger partial charge is 0.119 e. The van der Waals surface area contributed by atoms with Gasteiger partial charge in [-0.1, -0.05) is 15.9 Å². The van der Waals surface area contributed by atoms with E-state index in [0.29, 0.717) is 0 Å². The molecule has 1 rings (SSSR count). The highest BCUT2D eigenvalue weighted by Crippen LogP contribution is 2.23. The first-order valence-corrected chi connectivity index (χ1v) is 7.08. The van der Waals surface area contributed by atoms with Crippen LogP contribution < -0.4 is 10.5 Å². The molecule has 0 bridgehead atoms. The Hall–Kier alpha value is -0.580. The molecule has 18 heavy (non-hydrogen) atoms. The third-order valence-corrected chi connectivity index (χ3v) is 3.34. The van der Waals surface area contributed by atoms with Gasteiger partial charge in [0.2, 0.25) is 0 Å². The molecule has 0 aliphatic carbocycles. The minimum Gasteiger partial charge on any atom is -0.494 e. The zero-order chi connectivity index (χ0) is 13.4. The summed E-state index contributed by atoms with van der Waals surface area (Å²) in [7, 11) is 1.72. The lowest BCUT2D eigenvalue weighted by Gasteiger charge is -2.11. The molecule has 4 heteroatoms. The number of rotatable bonds is 8. The van der Waals surface area contributed by atoms with Gasteiger partial charge < -0.3 is 15.2 Å². The quantitative estimate of drug-likeness (QED) is 0.749. The Kier molecular flexibility index (Phi) is 7.32. The molecule has 1 unspecified atom stereocenters. The molecule has 3 nitrogen and oxygen atoms in total. The van der Waals surface area contributed by atoms with Gasteiger partial charge in [-0.05, 0) is 49.9 Å². The van der Waals surface area contributed by atoms with Gasteiger partial charge in [0.1, 0.15) is 5.75 Å². The molecule has 0 amide bonds. The fourth-order valence-corrected chi connectivity index (χ4v) is 2.09. The molecule has 1 atom stereocenters. The summed E-state index contributed by atoms with van der Waals surface area (Å²) in [6.45, 7) is 3.52. The average Bonchev–Trinajstić information content (AvgIpc) is 2.32. The van der Waals surface area contributed by atoms with Crippen LogP contribution in [0.5, 0.6) is 5.75 Å². The Bertz CT molecular complexity index is 356. The zero-order valence-corrected chi connectivity index (χ0v) is 12.7. The van der Waals surface area contributed by atoms with Gasteiger partial charge in [0.25, 0.3) is 0 Å². The molecule has 0 aliphatic heterocycles. The van der Waals surface area contributed by atoms with E-state index in [1.54, 1.807) is 7.11 Å². The fourth-order valence-electron chi connectivity index (χ4n) is 1.68. The van der Waals surface area contributed by atoms with Crippen LogP contribution in [0.3, 0.4) is 0 Å². The number of nitrogens with two attached hydrogens (primary N) is 1. The molecule has 2 N–H and O–H groups in total. The van der Waals surface area contributed by atoms with Gasteiger partial charge in [-0.25, -0.2) is 0 Å². The van der Waals surface area contributed by atoms with E-state index in [4.69, 9.17) is 15.2 Å². The Balaban J connectivity index is 2.46. The van der Waals surface area contributed by atoms with Crippen LogP contribution in [-0.4, -0.2) is 26.4 Å². The lowest BCUT2D eigenvalue weighted by Crippen LogP contribution is -2.18. The number of methoxy groups -OCH3 is 1. The van der Waals surface area contributed by atoms with Gasteiger partial charge in [0.15, 0.2) is 0 Å². The van der Waals surface area contributed by atoms with E-state index in [9.17, 15) is 0 Å². The minimum atomic E-state index is 0.151. The van der Waals surface area contributed by atoms with Crippen molar-refractivity contribution in [3.05, 3.63) is 28.2 Å². The van der Waals surface area contributed by atoms with E-state index in [2.05, 4.69) is 22.0 Å². The van der Waals surface area contributed by atoms with Crippen molar-refractivity contribution in [1.82, 2.24) is 0 Å². The van der Waals surface area contributed by atoms with Crippen molar-refractivity contribution in [2.75, 3.05) is 20.3 Å². The van der Waals surface area contributed by atoms with E-state index < -0.39 is 0 Å². The topological polar surface area (TPSA) is 44.5 Å². The second-order valence-electron chi connectivity index (χ2n) is 4.48. The number of hydrogen-bond acceptors (Lipinski definition) is 3. The van der Waals surface area contributed by atoms with Crippen molar-refractivity contribution in [1.29, 1.82) is 0 Å². The Labute approximate surface area is 118 Å². The van der Waals surface area contributed by atoms with Gasteiger partial charge in [-0.2, -0.15) is 0 Å². The van der Waals surface area contributed by atoms with Crippen LogP contribution in [0.25, 0.3) is 0 Å². The summed E-state index contributed by atoms with van der Waals surface area (Å²) in [6, 6.07) is 6.20. The van der Waals surface area contributed by atoms with Crippen molar-refractivity contribution in [2.45, 2.75) is 32.2 Å². The molecule has 0 spiro atoms. The van der Waals surface area contributed by atoms with E-state index >= 15 is 0 Å². The number of hydrogen-bond donors (Lipinski definition) is 1. The molecule has 0 radical (unpaired) electrons. The van der Waals surface area contributed by atoms with Crippen LogP contribution in [0.15, 0.2) is 22.7 Å². The predicted molar refractivity (Wildman–Crippen MR) is 78.1 cm³/mol. The summed E-state index contributed by atoms with van der Waals surface area (Å²) in [5.41, 5.74) is 7.02. The number of ether oxygens (including phenoxy) is 2. The average molecular weight is 316 g/mol. The first-order valence-electron chi connectivity index (χ1n) is 6.29. The molecule has 0 aliphatic rings. The maximum atomic E-state index is 5.82. The number of unbranched alkanes of at least 4 members (excludes halogenated alkanes) is 1. The highest BCUT2D eigenvalue weighted by molar-refractivity contribution is 9.10. The Morgan fingerprint density at radius 3 is 2.67 bits per heavy atom. The third kappa shape index (κ3) is 5.85. The molecule has 0 fully saturated rings. The molecule has 102 valence electrons. The van der Waals surface area contributed by atoms with Gasteiger partial charge in [-0.3, -0.25) is 0 Å². The van der Waals surface area contributed by atoms with E-state index in [0.717, 1.165) is 42.7 Å². The van der Waals surface area contributed by atoms with Crippen molar-refractivity contribution < 1.29 is 9.47 Å². The van der Waals surface area contributed by atoms with Crippen molar-refractivity contribution in [2.24, 2.45) is 5.73 Å². The fraction of sp³-hybridized carbons (Fsp3) is 0.571. The first kappa shape index (κ1) is 15.5. The van der Waals surface area contributed by atoms with Crippen molar-refractivity contribution in [3.63, 3.8) is 0 Å². The van der Waals surface area contributed by atoms with Gasteiger partial charge >= 0.3 is 0 Å². The lowest BCUT2D eigenvalue weighted by atomic mass is 10.1. The van der Waals surface area contributed by atoms with E-state index in [1.807, 2.05) is 19.1 Å². The summed E-state index contributed by atoms with van der Waals surface area (Å²) < 4.78 is 11.8. The van der Waals surface area contributed by atoms with Crippen molar-refractivity contribution in [3.8, 4) is 5.75 Å². The number of benzene rings is 1. The molecule has 0 saturated carbocycles. The Morgan fingerprint density at radius 2 is 2.00 bits per heavy atom. The van der Waals surface area contributed by atoms with E-state index in [1.165, 1.54) is 5.56 Å². The minimum absolute atomic E-state index is 0.151. The zero-order valence-electron chi connectivity index (χ0n) is 11.1. The predicted octanol–water partition coefficient (Wildman–Crippen LogP) is 3.14. The molecular formula is C14H22BrNO2. The van der Waals surface area contributed by atoms with Crippen molar-refractivity contribution >= 4 is 15.9 Å². The molecule has 0 heterocycles. The van der Waals surface area contributed by atoms with Crippen LogP contribution in [0.1, 0.15) is 25.3 Å². The first-order chi connectivity index (χ1) is 8.63. The van der Waals surface area contributed by atoms with Crippen LogP contribution in [0.4, 0.5) is 0 Å². The van der Waals surface area contributed by atoms with Gasteiger partial charge in [0, 0.05) is 24.2 Å². The summed E-state index contributed by atoms with van der Waals surface area (Å²) in [5.74, 6) is 0.909. The van der Waals surface area contributed by atoms with Gasteiger partial charge in [-0.15, -0.1) is 0 Å². The summed E-state index contributed by atoms with van der Waals surface area (Å²) in [5, 5.41) is 0. The maximum absolute atomic E-state index is 5.82. The van der Waals surface area contributed by atoms with Crippen LogP contribution in [0, 0.1) is 0 Å². The normalized spacial score (nSPS) is 12.4. The monoisotopic (exact) mass is 315 g/mol. The molecule has 0 aromatic heterocycles. The molecular weight excluding hydrogens is 294 g/mol. The van der Waals surface area contributed by atoms with Gasteiger partial charge in [0.05, 0.1) is 6.61 Å². The summed E-state index contributed by atoms with van der Waals surface area (Å²) in [6.07, 6.45) is 2.88. The summed E-state index contributed by atoms with van der Waals surface area (Å²) >= 11 is 3.53. The standard InChI is InChI=1S/C14H22BrNO2/c1-11(16)9-12-10-13(5-6-14(12)15)18-8-4-3-7-17-2/h5-6,10-11H,3-4,7-9,16H2,1-2H3. The lowest BCUT2D eigenvalue weighted by molar-refractivity contribution is 0.184. The third-order valence-electron chi connectivity index (χ3n) is 2.57. The summed E-state index contributed by atoms with van der Waals surface area (Å²) in [4.78, 5) is 0. The molecule has 1 aromatic carbocycles. The largest absolute Gasteiger partial charge is 0.494 e. The second kappa shape index (κ2) is 8.51. The van der Waals surface area contributed by atoms with Crippen LogP contribution in [-0.2, 0) is 11.2 Å². The second-order valence-corrected chi connectivity index (χ2v) is 5.34.